The van der Waals surface area contributed by atoms with Crippen LogP contribution < -0.4 is 10.5 Å². The van der Waals surface area contributed by atoms with Crippen LogP contribution in [-0.4, -0.2) is 53.7 Å². The number of nitrogens with zero attached hydrogens (tertiary/aromatic N) is 2. The van der Waals surface area contributed by atoms with Gasteiger partial charge in [0.25, 0.3) is 11.8 Å². The van der Waals surface area contributed by atoms with Gasteiger partial charge in [0.2, 0.25) is 0 Å². The van der Waals surface area contributed by atoms with E-state index in [2.05, 4.69) is 0 Å². The standard InChI is InChI=1S/C26H27F3N2O9S/c1-25(2)13-15(14-41(36,37)38)16-10-17-18(26(27,28)29)11-24(35)39-20(17)12-19(16)30(25)9-5-3-4-6-23(34)40-31-21(32)7-8-22(31)33/h10-13H,3-9,14H2,1-2H3,(H,36,37,38)/p-1. The fourth-order valence-electron chi connectivity index (χ4n) is 5.04. The quantitative estimate of drug-likeness (QED) is 0.181. The van der Waals surface area contributed by atoms with Crippen LogP contribution in [0.15, 0.2) is 33.5 Å². The molecule has 2 aromatic rings. The Morgan fingerprint density at radius 2 is 1.73 bits per heavy atom. The summed E-state index contributed by atoms with van der Waals surface area (Å²) in [7, 11) is -4.80. The number of carbonyl (C=O) groups is 3. The van der Waals surface area contributed by atoms with Crippen molar-refractivity contribution in [3.05, 3.63) is 45.8 Å². The second kappa shape index (κ2) is 10.9. The van der Waals surface area contributed by atoms with E-state index in [9.17, 15) is 45.3 Å². The SMILES string of the molecule is CC1(C)C=C(CS(=O)(=O)[O-])c2cc3c(C(F)(F)F)cc(=O)oc3cc2N1CCCCCC(=O)ON1C(=O)CCC1=O. The van der Waals surface area contributed by atoms with E-state index >= 15 is 0 Å². The van der Waals surface area contributed by atoms with E-state index in [1.165, 1.54) is 12.1 Å². The van der Waals surface area contributed by atoms with Crippen molar-refractivity contribution in [1.29, 1.82) is 0 Å². The summed E-state index contributed by atoms with van der Waals surface area (Å²) in [6.45, 7) is 3.74. The number of amides is 2. The molecule has 41 heavy (non-hydrogen) atoms. The molecule has 0 bridgehead atoms. The van der Waals surface area contributed by atoms with Gasteiger partial charge in [-0.25, -0.2) is 18.0 Å². The van der Waals surface area contributed by atoms with Crippen molar-refractivity contribution < 1.29 is 49.8 Å². The maximum absolute atomic E-state index is 13.7. The monoisotopic (exact) mass is 599 g/mol. The van der Waals surface area contributed by atoms with Crippen molar-refractivity contribution in [2.75, 3.05) is 17.2 Å². The minimum atomic E-state index is -4.90. The molecule has 2 aliphatic rings. The van der Waals surface area contributed by atoms with Crippen molar-refractivity contribution in [2.24, 2.45) is 0 Å². The summed E-state index contributed by atoms with van der Waals surface area (Å²) in [6, 6.07) is 2.62. The molecule has 0 atom stereocenters. The second-order valence-electron chi connectivity index (χ2n) is 10.4. The number of rotatable bonds is 9. The van der Waals surface area contributed by atoms with E-state index in [1.807, 2.05) is 0 Å². The van der Waals surface area contributed by atoms with E-state index in [-0.39, 0.29) is 41.7 Å². The number of anilines is 1. The lowest BCUT2D eigenvalue weighted by atomic mass is 9.87. The molecular weight excluding hydrogens is 573 g/mol. The number of hydrogen-bond donors (Lipinski definition) is 0. The summed E-state index contributed by atoms with van der Waals surface area (Å²) in [5.41, 5.74) is -3.35. The van der Waals surface area contributed by atoms with Crippen LogP contribution in [0.5, 0.6) is 0 Å². The molecule has 15 heteroatoms. The summed E-state index contributed by atoms with van der Waals surface area (Å²) in [5.74, 6) is -2.87. The highest BCUT2D eigenvalue weighted by Gasteiger charge is 2.37. The molecule has 0 radical (unpaired) electrons. The lowest BCUT2D eigenvalue weighted by Crippen LogP contribution is -2.46. The van der Waals surface area contributed by atoms with E-state index < -0.39 is 61.9 Å². The summed E-state index contributed by atoms with van der Waals surface area (Å²) < 4.78 is 81.2. The number of unbranched alkanes of at least 4 members (excludes halogenated alkanes) is 2. The van der Waals surface area contributed by atoms with E-state index in [0.717, 1.165) is 6.07 Å². The fourth-order valence-corrected chi connectivity index (χ4v) is 5.66. The van der Waals surface area contributed by atoms with E-state index in [0.29, 0.717) is 36.9 Å². The van der Waals surface area contributed by atoms with Crippen molar-refractivity contribution in [3.63, 3.8) is 0 Å². The van der Waals surface area contributed by atoms with Gasteiger partial charge in [-0.2, -0.15) is 13.2 Å². The molecule has 1 fully saturated rings. The second-order valence-corrected chi connectivity index (χ2v) is 11.8. The van der Waals surface area contributed by atoms with Crippen molar-refractivity contribution >= 4 is 50.1 Å². The van der Waals surface area contributed by atoms with Gasteiger partial charge in [0.1, 0.15) is 5.58 Å². The number of halogens is 3. The molecule has 0 N–H and O–H groups in total. The Morgan fingerprint density at radius 1 is 1.07 bits per heavy atom. The molecule has 0 spiro atoms. The van der Waals surface area contributed by atoms with Crippen LogP contribution >= 0.6 is 0 Å². The molecule has 1 aromatic carbocycles. The maximum atomic E-state index is 13.7. The average Bonchev–Trinajstić information content (AvgIpc) is 3.14. The third kappa shape index (κ3) is 6.78. The Labute approximate surface area is 232 Å². The van der Waals surface area contributed by atoms with Crippen LogP contribution in [0, 0.1) is 0 Å². The minimum Gasteiger partial charge on any atom is -0.748 e. The molecule has 0 aliphatic carbocycles. The zero-order valence-electron chi connectivity index (χ0n) is 22.1. The highest BCUT2D eigenvalue weighted by atomic mass is 32.2. The molecule has 11 nitrogen and oxygen atoms in total. The number of alkyl halides is 3. The minimum absolute atomic E-state index is 0.0197. The van der Waals surface area contributed by atoms with E-state index in [1.54, 1.807) is 18.7 Å². The van der Waals surface area contributed by atoms with Gasteiger partial charge in [0.15, 0.2) is 0 Å². The van der Waals surface area contributed by atoms with Gasteiger partial charge in [0, 0.05) is 54.6 Å². The zero-order valence-corrected chi connectivity index (χ0v) is 22.9. The van der Waals surface area contributed by atoms with Crippen LogP contribution in [-0.2, 0) is 35.5 Å². The molecular formula is C26H26F3N2O9S-. The predicted molar refractivity (Wildman–Crippen MR) is 137 cm³/mol. The zero-order chi connectivity index (χ0) is 30.3. The largest absolute Gasteiger partial charge is 0.748 e. The Bertz CT molecular complexity index is 1590. The number of benzene rings is 1. The van der Waals surface area contributed by atoms with Gasteiger partial charge in [-0.3, -0.25) is 9.59 Å². The molecule has 1 saturated heterocycles. The maximum Gasteiger partial charge on any atom is 0.417 e. The van der Waals surface area contributed by atoms with Gasteiger partial charge in [-0.15, -0.1) is 5.06 Å². The van der Waals surface area contributed by atoms with Crippen molar-refractivity contribution in [1.82, 2.24) is 5.06 Å². The molecule has 2 aliphatic heterocycles. The highest BCUT2D eigenvalue weighted by molar-refractivity contribution is 7.86. The van der Waals surface area contributed by atoms with Gasteiger partial charge in [-0.1, -0.05) is 12.5 Å². The lowest BCUT2D eigenvalue weighted by molar-refractivity contribution is -0.197. The number of imide groups is 1. The third-order valence-corrected chi connectivity index (χ3v) is 7.48. The first kappa shape index (κ1) is 30.2. The summed E-state index contributed by atoms with van der Waals surface area (Å²) in [5, 5.41) is 0.00668. The highest BCUT2D eigenvalue weighted by Crippen LogP contribution is 2.44. The van der Waals surface area contributed by atoms with Crippen LogP contribution in [0.3, 0.4) is 0 Å². The average molecular weight is 600 g/mol. The molecule has 222 valence electrons. The van der Waals surface area contributed by atoms with Crippen LogP contribution in [0.4, 0.5) is 18.9 Å². The molecule has 1 aromatic heterocycles. The number of carbonyl (C=O) groups excluding carboxylic acids is 3. The lowest BCUT2D eigenvalue weighted by Gasteiger charge is -2.44. The number of fused-ring (bicyclic) bond motifs is 2. The van der Waals surface area contributed by atoms with Crippen molar-refractivity contribution in [2.45, 2.75) is 64.1 Å². The first-order chi connectivity index (χ1) is 19.0. The number of hydroxylamine groups is 2. The first-order valence-corrected chi connectivity index (χ1v) is 14.2. The van der Waals surface area contributed by atoms with Crippen LogP contribution in [0.25, 0.3) is 16.5 Å². The van der Waals surface area contributed by atoms with Gasteiger partial charge < -0.3 is 18.7 Å². The van der Waals surface area contributed by atoms with Gasteiger partial charge in [-0.05, 0) is 38.3 Å². The summed E-state index contributed by atoms with van der Waals surface area (Å²) in [4.78, 5) is 53.8. The van der Waals surface area contributed by atoms with Crippen LogP contribution in [0.2, 0.25) is 0 Å². The Balaban J connectivity index is 1.58. The summed E-state index contributed by atoms with van der Waals surface area (Å²) >= 11 is 0. The van der Waals surface area contributed by atoms with E-state index in [4.69, 9.17) is 9.25 Å². The normalized spacial score (nSPS) is 17.2. The van der Waals surface area contributed by atoms with Crippen LogP contribution in [0.1, 0.15) is 63.5 Å². The first-order valence-electron chi connectivity index (χ1n) is 12.7. The molecule has 2 amide bonds. The fraction of sp³-hybridized carbons (Fsp3) is 0.462. The third-order valence-electron chi connectivity index (χ3n) is 6.82. The summed E-state index contributed by atoms with van der Waals surface area (Å²) in [6.07, 6.45) is -2.23. The Kier molecular flexibility index (Phi) is 8.06. The Morgan fingerprint density at radius 3 is 2.34 bits per heavy atom. The predicted octanol–water partition coefficient (Wildman–Crippen LogP) is 3.51. The van der Waals surface area contributed by atoms with Gasteiger partial charge in [0.05, 0.1) is 27.0 Å². The molecule has 3 heterocycles. The molecule has 4 rings (SSSR count). The van der Waals surface area contributed by atoms with Gasteiger partial charge >= 0.3 is 17.8 Å². The number of hydrogen-bond acceptors (Lipinski definition) is 10. The molecule has 0 unspecified atom stereocenters. The smallest absolute Gasteiger partial charge is 0.417 e. The molecule has 0 saturated carbocycles. The van der Waals surface area contributed by atoms with Crippen molar-refractivity contribution in [3.8, 4) is 0 Å². The Hall–Kier alpha value is -3.72. The topological polar surface area (TPSA) is 154 Å².